The molecule has 0 spiro atoms. The van der Waals surface area contributed by atoms with Crippen LogP contribution in [0.1, 0.15) is 43.8 Å². The van der Waals surface area contributed by atoms with Gasteiger partial charge in [-0.05, 0) is 12.8 Å². The Kier molecular flexibility index (Phi) is 6.09. The van der Waals surface area contributed by atoms with E-state index < -0.39 is 0 Å². The summed E-state index contributed by atoms with van der Waals surface area (Å²) in [5.41, 5.74) is 1.01. The highest BCUT2D eigenvalue weighted by atomic mass is 16.5. The van der Waals surface area contributed by atoms with E-state index in [2.05, 4.69) is 10.4 Å². The molecule has 1 saturated carbocycles. The number of ether oxygens (including phenoxy) is 2. The highest BCUT2D eigenvalue weighted by molar-refractivity contribution is 5.74. The van der Waals surface area contributed by atoms with Gasteiger partial charge in [-0.2, -0.15) is 5.10 Å². The fraction of sp³-hybridized carbons (Fsp3) is 0.765. The molecule has 3 rings (SSSR count). The molecule has 1 unspecified atom stereocenters. The first-order chi connectivity index (χ1) is 11.7. The van der Waals surface area contributed by atoms with E-state index in [1.165, 1.54) is 19.3 Å². The van der Waals surface area contributed by atoms with Crippen LogP contribution in [0.25, 0.3) is 0 Å². The zero-order valence-corrected chi connectivity index (χ0v) is 14.4. The summed E-state index contributed by atoms with van der Waals surface area (Å²) in [6.07, 6.45) is 10.2. The van der Waals surface area contributed by atoms with E-state index in [4.69, 9.17) is 9.47 Å². The third-order valence-electron chi connectivity index (χ3n) is 4.73. The Labute approximate surface area is 143 Å². The van der Waals surface area contributed by atoms with E-state index >= 15 is 0 Å². The molecule has 7 nitrogen and oxygen atoms in total. The third-order valence-corrected chi connectivity index (χ3v) is 4.73. The number of hydrogen-bond donors (Lipinski definition) is 1. The van der Waals surface area contributed by atoms with Crippen LogP contribution in [0.4, 0.5) is 4.79 Å². The maximum Gasteiger partial charge on any atom is 0.317 e. The molecule has 1 aromatic heterocycles. The SMILES string of the molecule is Cn1cc(C2CN(C(=O)NCCOC3CCCCC3)CCO2)cn1. The molecule has 2 fully saturated rings. The van der Waals surface area contributed by atoms with Crippen LogP contribution >= 0.6 is 0 Å². The topological polar surface area (TPSA) is 68.6 Å². The minimum absolute atomic E-state index is 0.0422. The number of aromatic nitrogens is 2. The Morgan fingerprint density at radius 2 is 2.25 bits per heavy atom. The maximum atomic E-state index is 12.3. The largest absolute Gasteiger partial charge is 0.376 e. The lowest BCUT2D eigenvalue weighted by Gasteiger charge is -2.32. The summed E-state index contributed by atoms with van der Waals surface area (Å²) in [5.74, 6) is 0. The minimum Gasteiger partial charge on any atom is -0.376 e. The van der Waals surface area contributed by atoms with Crippen molar-refractivity contribution < 1.29 is 14.3 Å². The predicted octanol–water partition coefficient (Wildman–Crippen LogP) is 1.85. The fourth-order valence-electron chi connectivity index (χ4n) is 3.37. The lowest BCUT2D eigenvalue weighted by Crippen LogP contribution is -2.47. The van der Waals surface area contributed by atoms with Crippen molar-refractivity contribution in [3.63, 3.8) is 0 Å². The quantitative estimate of drug-likeness (QED) is 0.833. The van der Waals surface area contributed by atoms with E-state index in [9.17, 15) is 4.79 Å². The molecule has 1 atom stereocenters. The highest BCUT2D eigenvalue weighted by Crippen LogP contribution is 2.22. The van der Waals surface area contributed by atoms with Crippen molar-refractivity contribution in [3.8, 4) is 0 Å². The molecule has 1 aliphatic carbocycles. The summed E-state index contributed by atoms with van der Waals surface area (Å²) in [4.78, 5) is 14.1. The van der Waals surface area contributed by atoms with Gasteiger partial charge in [-0.1, -0.05) is 19.3 Å². The minimum atomic E-state index is -0.100. The molecular formula is C17H28N4O3. The molecule has 2 heterocycles. The van der Waals surface area contributed by atoms with Crippen molar-refractivity contribution in [2.75, 3.05) is 32.8 Å². The van der Waals surface area contributed by atoms with Crippen LogP contribution < -0.4 is 5.32 Å². The van der Waals surface area contributed by atoms with Crippen LogP contribution in [0.3, 0.4) is 0 Å². The number of carbonyl (C=O) groups is 1. The molecule has 1 saturated heterocycles. The second-order valence-corrected chi connectivity index (χ2v) is 6.62. The number of hydrogen-bond acceptors (Lipinski definition) is 4. The second-order valence-electron chi connectivity index (χ2n) is 6.62. The van der Waals surface area contributed by atoms with Gasteiger partial charge in [-0.3, -0.25) is 4.68 Å². The van der Waals surface area contributed by atoms with Gasteiger partial charge in [-0.25, -0.2) is 4.79 Å². The molecule has 24 heavy (non-hydrogen) atoms. The van der Waals surface area contributed by atoms with Crippen LogP contribution in [0.15, 0.2) is 12.4 Å². The number of nitrogens with one attached hydrogen (secondary N) is 1. The van der Waals surface area contributed by atoms with Crippen LogP contribution in [-0.2, 0) is 16.5 Å². The van der Waals surface area contributed by atoms with Gasteiger partial charge in [0, 0.05) is 31.9 Å². The lowest BCUT2D eigenvalue weighted by molar-refractivity contribution is -0.0161. The molecule has 0 radical (unpaired) electrons. The fourth-order valence-corrected chi connectivity index (χ4v) is 3.37. The molecule has 1 N–H and O–H groups in total. The third kappa shape index (κ3) is 4.70. The molecule has 0 aromatic carbocycles. The Bertz CT molecular complexity index is 528. The number of morpholine rings is 1. The van der Waals surface area contributed by atoms with Gasteiger partial charge in [0.15, 0.2) is 0 Å². The Morgan fingerprint density at radius 1 is 1.42 bits per heavy atom. The summed E-state index contributed by atoms with van der Waals surface area (Å²) < 4.78 is 13.4. The first-order valence-electron chi connectivity index (χ1n) is 8.97. The van der Waals surface area contributed by atoms with Crippen molar-refractivity contribution in [3.05, 3.63) is 18.0 Å². The van der Waals surface area contributed by atoms with Gasteiger partial charge < -0.3 is 19.7 Å². The Morgan fingerprint density at radius 3 is 3.00 bits per heavy atom. The van der Waals surface area contributed by atoms with Crippen LogP contribution in [0.5, 0.6) is 0 Å². The van der Waals surface area contributed by atoms with Crippen LogP contribution in [0.2, 0.25) is 0 Å². The van der Waals surface area contributed by atoms with Gasteiger partial charge in [0.1, 0.15) is 6.10 Å². The highest BCUT2D eigenvalue weighted by Gasteiger charge is 2.26. The maximum absolute atomic E-state index is 12.3. The summed E-state index contributed by atoms with van der Waals surface area (Å²) in [6.45, 7) is 2.87. The first-order valence-corrected chi connectivity index (χ1v) is 8.97. The van der Waals surface area contributed by atoms with E-state index in [1.54, 1.807) is 10.9 Å². The van der Waals surface area contributed by atoms with Gasteiger partial charge >= 0.3 is 6.03 Å². The molecule has 134 valence electrons. The molecular weight excluding hydrogens is 308 g/mol. The van der Waals surface area contributed by atoms with Gasteiger partial charge in [-0.15, -0.1) is 0 Å². The van der Waals surface area contributed by atoms with Gasteiger partial charge in [0.2, 0.25) is 0 Å². The van der Waals surface area contributed by atoms with Gasteiger partial charge in [0.25, 0.3) is 0 Å². The molecule has 7 heteroatoms. The number of nitrogens with zero attached hydrogens (tertiary/aromatic N) is 3. The number of aryl methyl sites for hydroxylation is 1. The van der Waals surface area contributed by atoms with E-state index in [-0.39, 0.29) is 12.1 Å². The normalized spacial score (nSPS) is 22.5. The van der Waals surface area contributed by atoms with Gasteiger partial charge in [0.05, 0.1) is 32.1 Å². The van der Waals surface area contributed by atoms with E-state index in [0.717, 1.165) is 18.4 Å². The number of rotatable bonds is 5. The van der Waals surface area contributed by atoms with Crippen LogP contribution in [-0.4, -0.2) is 59.7 Å². The summed E-state index contributed by atoms with van der Waals surface area (Å²) in [7, 11) is 1.88. The molecule has 1 aromatic rings. The molecule has 2 aliphatic rings. The summed E-state index contributed by atoms with van der Waals surface area (Å²) in [5, 5.41) is 7.12. The predicted molar refractivity (Wildman–Crippen MR) is 89.7 cm³/mol. The molecule has 2 amide bonds. The van der Waals surface area contributed by atoms with E-state index in [1.807, 2.05) is 18.1 Å². The monoisotopic (exact) mass is 336 g/mol. The second kappa shape index (κ2) is 8.48. The summed E-state index contributed by atoms with van der Waals surface area (Å²) in [6, 6.07) is -0.0422. The average Bonchev–Trinajstić information content (AvgIpc) is 3.06. The molecule has 1 aliphatic heterocycles. The zero-order chi connectivity index (χ0) is 16.8. The Balaban J connectivity index is 1.38. The standard InChI is InChI=1S/C17H28N4O3/c1-20-12-14(11-19-20)16-13-21(8-10-24-16)17(22)18-7-9-23-15-5-3-2-4-6-15/h11-12,15-16H,2-10,13H2,1H3,(H,18,22). The van der Waals surface area contributed by atoms with Crippen LogP contribution in [0, 0.1) is 0 Å². The molecule has 0 bridgehead atoms. The van der Waals surface area contributed by atoms with Crippen molar-refractivity contribution in [2.24, 2.45) is 7.05 Å². The average molecular weight is 336 g/mol. The number of urea groups is 1. The lowest BCUT2D eigenvalue weighted by atomic mass is 9.98. The van der Waals surface area contributed by atoms with Crippen molar-refractivity contribution in [1.29, 1.82) is 0 Å². The van der Waals surface area contributed by atoms with E-state index in [0.29, 0.717) is 39.0 Å². The number of amides is 2. The number of carbonyl (C=O) groups excluding carboxylic acids is 1. The van der Waals surface area contributed by atoms with Crippen molar-refractivity contribution in [2.45, 2.75) is 44.3 Å². The van der Waals surface area contributed by atoms with Crippen molar-refractivity contribution in [1.82, 2.24) is 20.0 Å². The zero-order valence-electron chi connectivity index (χ0n) is 14.4. The smallest absolute Gasteiger partial charge is 0.317 e. The Hall–Kier alpha value is -1.60. The summed E-state index contributed by atoms with van der Waals surface area (Å²) >= 11 is 0. The first kappa shape index (κ1) is 17.2. The van der Waals surface area contributed by atoms with Crippen molar-refractivity contribution >= 4 is 6.03 Å².